The third kappa shape index (κ3) is 6.84. The van der Waals surface area contributed by atoms with E-state index < -0.39 is 17.2 Å². The van der Waals surface area contributed by atoms with Gasteiger partial charge < -0.3 is 15.4 Å². The highest BCUT2D eigenvalue weighted by molar-refractivity contribution is 8.01. The molecule has 2 aromatic rings. The number of amides is 2. The minimum Gasteiger partial charge on any atom is -0.444 e. The molecule has 0 aliphatic carbocycles. The van der Waals surface area contributed by atoms with E-state index in [0.717, 1.165) is 14.9 Å². The van der Waals surface area contributed by atoms with Crippen molar-refractivity contribution in [3.8, 4) is 0 Å². The van der Waals surface area contributed by atoms with Gasteiger partial charge in [-0.15, -0.1) is 11.3 Å². The van der Waals surface area contributed by atoms with E-state index in [4.69, 9.17) is 4.74 Å². The largest absolute Gasteiger partial charge is 0.444 e. The quantitative estimate of drug-likeness (QED) is 0.758. The van der Waals surface area contributed by atoms with Crippen LogP contribution in [0.2, 0.25) is 0 Å². The molecular weight excluding hydrogens is 384 g/mol. The number of rotatable bonds is 6. The molecule has 2 heterocycles. The lowest BCUT2D eigenvalue weighted by molar-refractivity contribution is -0.126. The average molecular weight is 409 g/mol. The lowest BCUT2D eigenvalue weighted by Gasteiger charge is -2.27. The van der Waals surface area contributed by atoms with Gasteiger partial charge >= 0.3 is 6.09 Å². The maximum absolute atomic E-state index is 12.5. The zero-order valence-electron chi connectivity index (χ0n) is 16.0. The molecule has 0 radical (unpaired) electrons. The minimum absolute atomic E-state index is 0.243. The Hall–Kier alpha value is -2.13. The summed E-state index contributed by atoms with van der Waals surface area (Å²) in [5, 5.41) is 7.33. The zero-order chi connectivity index (χ0) is 20.1. The Bertz CT molecular complexity index is 786. The fraction of sp³-hybridized carbons (Fsp3) is 0.444. The van der Waals surface area contributed by atoms with E-state index in [0.29, 0.717) is 0 Å². The predicted octanol–water partition coefficient (Wildman–Crippen LogP) is 3.61. The van der Waals surface area contributed by atoms with Crippen LogP contribution >= 0.6 is 23.1 Å². The van der Waals surface area contributed by atoms with Crippen LogP contribution in [0.25, 0.3) is 0 Å². The normalized spacial score (nSPS) is 11.7. The van der Waals surface area contributed by atoms with Crippen molar-refractivity contribution >= 4 is 35.1 Å². The van der Waals surface area contributed by atoms with Crippen LogP contribution in [-0.2, 0) is 16.1 Å². The Morgan fingerprint density at radius 2 is 1.93 bits per heavy atom. The molecule has 0 atom stereocenters. The lowest BCUT2D eigenvalue weighted by Crippen LogP contribution is -2.55. The lowest BCUT2D eigenvalue weighted by atomic mass is 10.1. The molecule has 0 saturated heterocycles. The fourth-order valence-corrected chi connectivity index (χ4v) is 3.68. The monoisotopic (exact) mass is 408 g/mol. The maximum atomic E-state index is 12.5. The van der Waals surface area contributed by atoms with Gasteiger partial charge in [0.25, 0.3) is 0 Å². The molecule has 0 spiro atoms. The summed E-state index contributed by atoms with van der Waals surface area (Å²) in [6.07, 6.45) is 2.79. The van der Waals surface area contributed by atoms with Crippen LogP contribution in [0, 0.1) is 0 Å². The van der Waals surface area contributed by atoms with Crippen molar-refractivity contribution in [2.45, 2.75) is 61.5 Å². The van der Waals surface area contributed by atoms with Crippen molar-refractivity contribution in [3.63, 3.8) is 0 Å². The second-order valence-corrected chi connectivity index (χ2v) is 9.47. The van der Waals surface area contributed by atoms with E-state index in [-0.39, 0.29) is 12.5 Å². The number of carbonyl (C=O) groups is 2. The Labute approximate surface area is 167 Å². The van der Waals surface area contributed by atoms with Crippen LogP contribution in [0.3, 0.4) is 0 Å². The number of nitrogens with zero attached hydrogens (tertiary/aromatic N) is 2. The van der Waals surface area contributed by atoms with Gasteiger partial charge in [-0.25, -0.2) is 9.78 Å². The number of carbonyl (C=O) groups excluding carboxylic acids is 2. The van der Waals surface area contributed by atoms with Crippen molar-refractivity contribution in [3.05, 3.63) is 35.6 Å². The number of hydrogen-bond donors (Lipinski definition) is 2. The number of hydrogen-bond acceptors (Lipinski definition) is 7. The first-order valence-corrected chi connectivity index (χ1v) is 10.1. The van der Waals surface area contributed by atoms with Gasteiger partial charge in [0.1, 0.15) is 11.1 Å². The number of thiazole rings is 1. The van der Waals surface area contributed by atoms with Gasteiger partial charge in [-0.2, -0.15) is 0 Å². The molecule has 2 aromatic heterocycles. The van der Waals surface area contributed by atoms with E-state index in [1.165, 1.54) is 11.8 Å². The van der Waals surface area contributed by atoms with E-state index in [9.17, 15) is 9.59 Å². The molecule has 0 fully saturated rings. The van der Waals surface area contributed by atoms with Crippen LogP contribution in [0.1, 0.15) is 40.3 Å². The van der Waals surface area contributed by atoms with Gasteiger partial charge in [0.05, 0.1) is 12.2 Å². The highest BCUT2D eigenvalue weighted by Gasteiger charge is 2.31. The van der Waals surface area contributed by atoms with E-state index in [1.807, 2.05) is 17.5 Å². The summed E-state index contributed by atoms with van der Waals surface area (Å²) in [6.45, 7) is 8.78. The SMILES string of the molecule is CC(C)(C)OC(=O)NC(C)(C)C(=O)NCc1ncccc1Sc1nccs1. The summed E-state index contributed by atoms with van der Waals surface area (Å²) >= 11 is 3.04. The summed E-state index contributed by atoms with van der Waals surface area (Å²) in [5.41, 5.74) is -1.02. The summed E-state index contributed by atoms with van der Waals surface area (Å²) in [5.74, 6) is -0.329. The first kappa shape index (κ1) is 21.2. The zero-order valence-corrected chi connectivity index (χ0v) is 17.7. The molecule has 0 bridgehead atoms. The van der Waals surface area contributed by atoms with Gasteiger partial charge in [-0.05, 0) is 46.8 Å². The van der Waals surface area contributed by atoms with Crippen LogP contribution in [0.4, 0.5) is 4.79 Å². The Morgan fingerprint density at radius 1 is 1.19 bits per heavy atom. The number of alkyl carbamates (subject to hydrolysis) is 1. The molecule has 0 aromatic carbocycles. The molecule has 0 saturated carbocycles. The van der Waals surface area contributed by atoms with E-state index in [1.54, 1.807) is 58.3 Å². The van der Waals surface area contributed by atoms with Gasteiger partial charge in [0, 0.05) is 22.7 Å². The van der Waals surface area contributed by atoms with E-state index >= 15 is 0 Å². The van der Waals surface area contributed by atoms with Crippen LogP contribution in [0.15, 0.2) is 39.1 Å². The Morgan fingerprint density at radius 3 is 2.56 bits per heavy atom. The van der Waals surface area contributed by atoms with Crippen molar-refractivity contribution in [1.29, 1.82) is 0 Å². The summed E-state index contributed by atoms with van der Waals surface area (Å²) in [7, 11) is 0. The molecule has 7 nitrogen and oxygen atoms in total. The first-order valence-electron chi connectivity index (χ1n) is 8.37. The highest BCUT2D eigenvalue weighted by atomic mass is 32.2. The molecule has 2 amide bonds. The molecule has 2 N–H and O–H groups in total. The Balaban J connectivity index is 1.97. The van der Waals surface area contributed by atoms with Crippen molar-refractivity contribution in [2.75, 3.05) is 0 Å². The average Bonchev–Trinajstić information content (AvgIpc) is 3.04. The van der Waals surface area contributed by atoms with Crippen molar-refractivity contribution in [1.82, 2.24) is 20.6 Å². The third-order valence-corrected chi connectivity index (χ3v) is 5.23. The van der Waals surface area contributed by atoms with Crippen LogP contribution in [0.5, 0.6) is 0 Å². The van der Waals surface area contributed by atoms with Crippen LogP contribution in [-0.4, -0.2) is 33.1 Å². The van der Waals surface area contributed by atoms with Crippen LogP contribution < -0.4 is 10.6 Å². The fourth-order valence-electron chi connectivity index (χ4n) is 2.00. The Kier molecular flexibility index (Phi) is 6.83. The van der Waals surface area contributed by atoms with Crippen molar-refractivity contribution < 1.29 is 14.3 Å². The van der Waals surface area contributed by atoms with Crippen molar-refractivity contribution in [2.24, 2.45) is 0 Å². The maximum Gasteiger partial charge on any atom is 0.408 e. The van der Waals surface area contributed by atoms with Gasteiger partial charge in [-0.3, -0.25) is 9.78 Å². The summed E-state index contributed by atoms with van der Waals surface area (Å²) in [4.78, 5) is 34.0. The number of ether oxygens (including phenoxy) is 1. The second kappa shape index (κ2) is 8.71. The molecule has 9 heteroatoms. The molecule has 27 heavy (non-hydrogen) atoms. The first-order chi connectivity index (χ1) is 12.6. The smallest absolute Gasteiger partial charge is 0.408 e. The molecule has 146 valence electrons. The second-order valence-electron chi connectivity index (χ2n) is 7.28. The highest BCUT2D eigenvalue weighted by Crippen LogP contribution is 2.30. The van der Waals surface area contributed by atoms with Gasteiger partial charge in [0.2, 0.25) is 5.91 Å². The number of aromatic nitrogens is 2. The summed E-state index contributed by atoms with van der Waals surface area (Å²) in [6, 6.07) is 3.78. The topological polar surface area (TPSA) is 93.2 Å². The molecular formula is C18H24N4O3S2. The van der Waals surface area contributed by atoms with Gasteiger partial charge in [-0.1, -0.05) is 11.8 Å². The van der Waals surface area contributed by atoms with Gasteiger partial charge in [0.15, 0.2) is 4.34 Å². The third-order valence-electron chi connectivity index (χ3n) is 3.25. The standard InChI is InChI=1S/C18H24N4O3S2/c1-17(2,3)25-15(24)22-18(4,5)14(23)21-11-12-13(7-6-8-19-12)27-16-20-9-10-26-16/h6-10H,11H2,1-5H3,(H,21,23)(H,22,24). The molecule has 0 aliphatic rings. The predicted molar refractivity (Wildman–Crippen MR) is 106 cm³/mol. The molecule has 0 aliphatic heterocycles. The minimum atomic E-state index is -1.13. The molecule has 0 unspecified atom stereocenters. The summed E-state index contributed by atoms with van der Waals surface area (Å²) < 4.78 is 6.12. The molecule has 2 rings (SSSR count). The number of nitrogens with one attached hydrogen (secondary N) is 2. The van der Waals surface area contributed by atoms with E-state index in [2.05, 4.69) is 20.6 Å². The number of pyridine rings is 1.